The Labute approximate surface area is 170 Å². The maximum atomic E-state index is 12.2. The second kappa shape index (κ2) is 9.32. The molecule has 2 aromatic rings. The molecule has 1 aliphatic carbocycles. The third-order valence-corrected chi connectivity index (χ3v) is 5.53. The normalized spacial score (nSPS) is 21.1. The van der Waals surface area contributed by atoms with Gasteiger partial charge in [0.15, 0.2) is 0 Å². The molecule has 1 aromatic carbocycles. The molecule has 0 bridgehead atoms. The number of pyridine rings is 1. The molecule has 152 valence electrons. The van der Waals surface area contributed by atoms with Gasteiger partial charge in [0.25, 0.3) is 5.91 Å². The van der Waals surface area contributed by atoms with E-state index in [0.29, 0.717) is 28.9 Å². The molecule has 1 aromatic heterocycles. The number of carbonyl (C=O) groups is 3. The van der Waals surface area contributed by atoms with Crippen LogP contribution in [-0.4, -0.2) is 28.7 Å². The highest BCUT2D eigenvalue weighted by atomic mass is 16.2. The molecule has 1 saturated carbocycles. The van der Waals surface area contributed by atoms with E-state index >= 15 is 0 Å². The molecule has 0 saturated heterocycles. The van der Waals surface area contributed by atoms with Crippen LogP contribution in [0.4, 0.5) is 11.5 Å². The molecular formula is C22H26N4O3. The second-order valence-electron chi connectivity index (χ2n) is 7.55. The molecule has 7 nitrogen and oxygen atoms in total. The summed E-state index contributed by atoms with van der Waals surface area (Å²) in [5, 5.41) is 8.07. The Balaban J connectivity index is 1.53. The van der Waals surface area contributed by atoms with E-state index in [4.69, 9.17) is 0 Å². The van der Waals surface area contributed by atoms with Gasteiger partial charge in [-0.3, -0.25) is 14.4 Å². The molecular weight excluding hydrogens is 368 g/mol. The van der Waals surface area contributed by atoms with E-state index in [1.54, 1.807) is 36.4 Å². The maximum Gasteiger partial charge on any atom is 0.313 e. The third kappa shape index (κ3) is 5.40. The van der Waals surface area contributed by atoms with E-state index in [9.17, 15) is 14.4 Å². The fourth-order valence-electron chi connectivity index (χ4n) is 3.53. The van der Waals surface area contributed by atoms with Gasteiger partial charge in [-0.2, -0.15) is 0 Å². The summed E-state index contributed by atoms with van der Waals surface area (Å²) in [6.07, 6.45) is 4.50. The van der Waals surface area contributed by atoms with E-state index in [-0.39, 0.29) is 11.9 Å². The van der Waals surface area contributed by atoms with Crippen molar-refractivity contribution >= 4 is 29.2 Å². The second-order valence-corrected chi connectivity index (χ2v) is 7.55. The molecule has 1 heterocycles. The number of amides is 3. The van der Waals surface area contributed by atoms with Crippen molar-refractivity contribution < 1.29 is 14.4 Å². The summed E-state index contributed by atoms with van der Waals surface area (Å²) in [4.78, 5) is 40.7. The molecule has 1 aliphatic rings. The van der Waals surface area contributed by atoms with Crippen molar-refractivity contribution in [2.24, 2.45) is 11.8 Å². The van der Waals surface area contributed by atoms with Gasteiger partial charge in [0.2, 0.25) is 0 Å². The summed E-state index contributed by atoms with van der Waals surface area (Å²) in [6, 6.07) is 12.0. The highest BCUT2D eigenvalue weighted by Crippen LogP contribution is 2.29. The number of hydrogen-bond acceptors (Lipinski definition) is 4. The molecule has 0 unspecified atom stereocenters. The van der Waals surface area contributed by atoms with E-state index < -0.39 is 11.8 Å². The predicted octanol–water partition coefficient (Wildman–Crippen LogP) is 3.21. The Morgan fingerprint density at radius 3 is 2.38 bits per heavy atom. The SMILES string of the molecule is C[C@@H]1[C@H](C)CCC[C@H]1NC(=O)C(=O)Nc1ccc(NC(=O)c2ccccc2)nc1. The first-order valence-corrected chi connectivity index (χ1v) is 9.88. The zero-order chi connectivity index (χ0) is 20.8. The van der Waals surface area contributed by atoms with Crippen LogP contribution in [0.15, 0.2) is 48.7 Å². The number of rotatable bonds is 4. The highest BCUT2D eigenvalue weighted by molar-refractivity contribution is 6.39. The van der Waals surface area contributed by atoms with Crippen LogP contribution in [0.3, 0.4) is 0 Å². The van der Waals surface area contributed by atoms with Crippen molar-refractivity contribution in [2.75, 3.05) is 10.6 Å². The Kier molecular flexibility index (Phi) is 6.59. The van der Waals surface area contributed by atoms with Crippen LogP contribution < -0.4 is 16.0 Å². The van der Waals surface area contributed by atoms with E-state index in [2.05, 4.69) is 34.8 Å². The zero-order valence-electron chi connectivity index (χ0n) is 16.6. The Morgan fingerprint density at radius 2 is 1.69 bits per heavy atom. The molecule has 7 heteroatoms. The van der Waals surface area contributed by atoms with Crippen LogP contribution in [0, 0.1) is 11.8 Å². The summed E-state index contributed by atoms with van der Waals surface area (Å²) in [6.45, 7) is 4.28. The van der Waals surface area contributed by atoms with E-state index in [0.717, 1.165) is 19.3 Å². The minimum absolute atomic E-state index is 0.0192. The summed E-state index contributed by atoms with van der Waals surface area (Å²) >= 11 is 0. The first-order valence-electron chi connectivity index (χ1n) is 9.88. The van der Waals surface area contributed by atoms with Crippen LogP contribution in [0.5, 0.6) is 0 Å². The van der Waals surface area contributed by atoms with Gasteiger partial charge in [-0.05, 0) is 42.5 Å². The molecule has 0 spiro atoms. The van der Waals surface area contributed by atoms with Crippen LogP contribution >= 0.6 is 0 Å². The average Bonchev–Trinajstić information content (AvgIpc) is 2.73. The molecule has 0 aliphatic heterocycles. The minimum atomic E-state index is -0.724. The first-order chi connectivity index (χ1) is 13.9. The van der Waals surface area contributed by atoms with Crippen LogP contribution in [0.1, 0.15) is 43.5 Å². The van der Waals surface area contributed by atoms with Gasteiger partial charge >= 0.3 is 11.8 Å². The lowest BCUT2D eigenvalue weighted by Gasteiger charge is -2.34. The predicted molar refractivity (Wildman–Crippen MR) is 111 cm³/mol. The van der Waals surface area contributed by atoms with Gasteiger partial charge in [0.1, 0.15) is 5.82 Å². The number of hydrogen-bond donors (Lipinski definition) is 3. The van der Waals surface area contributed by atoms with Crippen LogP contribution in [-0.2, 0) is 9.59 Å². The van der Waals surface area contributed by atoms with Crippen molar-refractivity contribution in [3.63, 3.8) is 0 Å². The van der Waals surface area contributed by atoms with Crippen molar-refractivity contribution in [1.82, 2.24) is 10.3 Å². The number of aromatic nitrogens is 1. The summed E-state index contributed by atoms with van der Waals surface area (Å²) in [7, 11) is 0. The summed E-state index contributed by atoms with van der Waals surface area (Å²) < 4.78 is 0. The lowest BCUT2D eigenvalue weighted by atomic mass is 9.78. The molecule has 3 atom stereocenters. The van der Waals surface area contributed by atoms with Gasteiger partial charge in [-0.1, -0.05) is 44.9 Å². The molecule has 29 heavy (non-hydrogen) atoms. The van der Waals surface area contributed by atoms with Crippen molar-refractivity contribution in [3.8, 4) is 0 Å². The van der Waals surface area contributed by atoms with Gasteiger partial charge in [-0.25, -0.2) is 4.98 Å². The number of benzene rings is 1. The Bertz CT molecular complexity index is 867. The molecule has 3 rings (SSSR count). The van der Waals surface area contributed by atoms with E-state index in [1.807, 2.05) is 6.07 Å². The average molecular weight is 394 g/mol. The largest absolute Gasteiger partial charge is 0.345 e. The monoisotopic (exact) mass is 394 g/mol. The van der Waals surface area contributed by atoms with Gasteiger partial charge < -0.3 is 16.0 Å². The number of anilines is 2. The number of carbonyl (C=O) groups excluding carboxylic acids is 3. The van der Waals surface area contributed by atoms with Gasteiger partial charge in [-0.15, -0.1) is 0 Å². The maximum absolute atomic E-state index is 12.2. The minimum Gasteiger partial charge on any atom is -0.345 e. The van der Waals surface area contributed by atoms with E-state index in [1.165, 1.54) is 6.20 Å². The Hall–Kier alpha value is -3.22. The number of nitrogens with zero attached hydrogens (tertiary/aromatic N) is 1. The lowest BCUT2D eigenvalue weighted by Crippen LogP contribution is -2.47. The fraction of sp³-hybridized carbons (Fsp3) is 0.364. The number of nitrogens with one attached hydrogen (secondary N) is 3. The van der Waals surface area contributed by atoms with Crippen LogP contribution in [0.25, 0.3) is 0 Å². The standard InChI is InChI=1S/C22H26N4O3/c1-14-7-6-10-18(15(14)2)25-22(29)21(28)24-17-11-12-19(23-13-17)26-20(27)16-8-4-3-5-9-16/h3-5,8-9,11-15,18H,6-7,10H2,1-2H3,(H,24,28)(H,25,29)(H,23,26,27)/t14-,15-,18-/m1/s1. The quantitative estimate of drug-likeness (QED) is 0.693. The third-order valence-electron chi connectivity index (χ3n) is 5.53. The van der Waals surface area contributed by atoms with Gasteiger partial charge in [0, 0.05) is 11.6 Å². The Morgan fingerprint density at radius 1 is 0.931 bits per heavy atom. The molecule has 3 amide bonds. The molecule has 1 fully saturated rings. The van der Waals surface area contributed by atoms with Crippen molar-refractivity contribution in [2.45, 2.75) is 39.2 Å². The zero-order valence-corrected chi connectivity index (χ0v) is 16.6. The molecule has 0 radical (unpaired) electrons. The van der Waals surface area contributed by atoms with Crippen molar-refractivity contribution in [1.29, 1.82) is 0 Å². The fourth-order valence-corrected chi connectivity index (χ4v) is 3.53. The van der Waals surface area contributed by atoms with Crippen molar-refractivity contribution in [3.05, 3.63) is 54.2 Å². The molecule has 3 N–H and O–H groups in total. The van der Waals surface area contributed by atoms with Crippen LogP contribution in [0.2, 0.25) is 0 Å². The lowest BCUT2D eigenvalue weighted by molar-refractivity contribution is -0.137. The smallest absolute Gasteiger partial charge is 0.313 e. The highest BCUT2D eigenvalue weighted by Gasteiger charge is 2.29. The topological polar surface area (TPSA) is 100 Å². The summed E-state index contributed by atoms with van der Waals surface area (Å²) in [5.74, 6) is -0.415. The summed E-state index contributed by atoms with van der Waals surface area (Å²) in [5.41, 5.74) is 0.905. The first kappa shape index (κ1) is 20.5. The van der Waals surface area contributed by atoms with Gasteiger partial charge in [0.05, 0.1) is 11.9 Å².